The number of hydrogen-bond donors (Lipinski definition) is 1. The van der Waals surface area contributed by atoms with Crippen molar-refractivity contribution in [3.63, 3.8) is 0 Å². The van der Waals surface area contributed by atoms with Crippen LogP contribution >= 0.6 is 0 Å². The Bertz CT molecular complexity index is 2580. The fraction of sp³-hybridized carbons (Fsp3) is 0.170. The van der Waals surface area contributed by atoms with Crippen molar-refractivity contribution in [3.8, 4) is 34.4 Å². The molecule has 3 aromatic carbocycles. The van der Waals surface area contributed by atoms with E-state index in [-0.39, 0.29) is 12.5 Å². The summed E-state index contributed by atoms with van der Waals surface area (Å²) in [6.45, 7) is 12.0. The van der Waals surface area contributed by atoms with Crippen LogP contribution in [0.3, 0.4) is 0 Å². The highest BCUT2D eigenvalue weighted by molar-refractivity contribution is 5.90. The maximum atomic E-state index is 13.2. The van der Waals surface area contributed by atoms with Crippen molar-refractivity contribution in [1.82, 2.24) is 34.8 Å². The van der Waals surface area contributed by atoms with E-state index >= 15 is 0 Å². The van der Waals surface area contributed by atoms with E-state index in [4.69, 9.17) is 19.6 Å². The number of halogens is 1. The highest BCUT2D eigenvalue weighted by Crippen LogP contribution is 2.29. The molecule has 12 heteroatoms. The molecule has 0 amide bonds. The first-order valence-electron chi connectivity index (χ1n) is 19.0. The molecule has 59 heavy (non-hydrogen) atoms. The van der Waals surface area contributed by atoms with E-state index in [0.29, 0.717) is 34.2 Å². The van der Waals surface area contributed by atoms with Gasteiger partial charge < -0.3 is 19.6 Å². The molecule has 1 N–H and O–H groups in total. The van der Waals surface area contributed by atoms with Gasteiger partial charge in [-0.1, -0.05) is 86.7 Å². The summed E-state index contributed by atoms with van der Waals surface area (Å²) in [6, 6.07) is 30.4. The second kappa shape index (κ2) is 21.8. The number of allylic oxidation sites excluding steroid dienone is 7. The van der Waals surface area contributed by atoms with Crippen LogP contribution in [0, 0.1) is 11.5 Å². The first-order chi connectivity index (χ1) is 28.7. The van der Waals surface area contributed by atoms with E-state index in [2.05, 4.69) is 55.9 Å². The zero-order valence-corrected chi connectivity index (χ0v) is 33.8. The fourth-order valence-corrected chi connectivity index (χ4v) is 5.44. The summed E-state index contributed by atoms with van der Waals surface area (Å²) in [7, 11) is 1.70. The third kappa shape index (κ3) is 12.8. The lowest BCUT2D eigenvalue weighted by Gasteiger charge is -2.10. The molecule has 7 rings (SSSR count). The molecule has 0 atom stereocenters. The Morgan fingerprint density at radius 3 is 2.44 bits per heavy atom. The standard InChI is InChI=1S/C25H16FN7O2.C12H17N.C10H14O/c26-25-28-13-11-24(29-25)35-17-6-7-18-20(14-17)27-12-10-21(18)34-15-23-31-30-22-9-8-19(32-33(22)23)16-4-2-1-3-5-16;1-5-6-7-10(2)11(3)8-9-12(4)13;1-3-5-9-6-4-7-10(8-9)11-2/h1-14H,15H2;5-9,13H,3H2,1-2,4H3;4,6-8H,3,5H2,1-2H3/b;6-5-,9-8-,10-7+,13-12?;. The molecule has 0 aliphatic heterocycles. The minimum Gasteiger partial charge on any atom is -0.497 e. The minimum atomic E-state index is -0.858. The van der Waals surface area contributed by atoms with Gasteiger partial charge in [-0.05, 0) is 92.4 Å². The molecule has 0 spiro atoms. The van der Waals surface area contributed by atoms with E-state index in [1.54, 1.807) is 49.0 Å². The van der Waals surface area contributed by atoms with Crippen LogP contribution in [0.5, 0.6) is 23.1 Å². The zero-order chi connectivity index (χ0) is 42.0. The molecule has 0 aliphatic carbocycles. The lowest BCUT2D eigenvalue weighted by Crippen LogP contribution is -2.05. The van der Waals surface area contributed by atoms with Gasteiger partial charge in [0, 0.05) is 41.2 Å². The number of fused-ring (bicyclic) bond motifs is 2. The van der Waals surface area contributed by atoms with Crippen molar-refractivity contribution in [1.29, 1.82) is 5.41 Å². The summed E-state index contributed by atoms with van der Waals surface area (Å²) in [5.41, 5.74) is 7.05. The maximum absolute atomic E-state index is 13.2. The smallest absolute Gasteiger partial charge is 0.311 e. The maximum Gasteiger partial charge on any atom is 0.311 e. The molecule has 4 heterocycles. The fourth-order valence-electron chi connectivity index (χ4n) is 5.44. The van der Waals surface area contributed by atoms with Gasteiger partial charge in [-0.2, -0.15) is 19.0 Å². The molecule has 0 unspecified atom stereocenters. The highest BCUT2D eigenvalue weighted by Gasteiger charge is 2.12. The second-order valence-corrected chi connectivity index (χ2v) is 13.0. The van der Waals surface area contributed by atoms with E-state index in [1.165, 1.54) is 24.2 Å². The van der Waals surface area contributed by atoms with Crippen LogP contribution in [-0.4, -0.2) is 47.6 Å². The van der Waals surface area contributed by atoms with Crippen molar-refractivity contribution in [3.05, 3.63) is 175 Å². The predicted octanol–water partition coefficient (Wildman–Crippen LogP) is 10.9. The van der Waals surface area contributed by atoms with Gasteiger partial charge >= 0.3 is 6.08 Å². The Labute approximate surface area is 343 Å². The van der Waals surface area contributed by atoms with E-state index in [0.717, 1.165) is 40.0 Å². The van der Waals surface area contributed by atoms with E-state index in [1.807, 2.05) is 98.8 Å². The zero-order valence-electron chi connectivity index (χ0n) is 33.8. The molecule has 0 saturated heterocycles. The Hall–Kier alpha value is -7.34. The number of rotatable bonds is 13. The lowest BCUT2D eigenvalue weighted by molar-refractivity contribution is 0.296. The molecule has 0 bridgehead atoms. The Kier molecular flexibility index (Phi) is 15.8. The molecular formula is C47H47FN8O3. The number of nitrogens with one attached hydrogen (secondary N) is 1. The third-order valence-corrected chi connectivity index (χ3v) is 8.50. The number of aromatic nitrogens is 7. The van der Waals surface area contributed by atoms with Crippen molar-refractivity contribution in [2.75, 3.05) is 7.11 Å². The third-order valence-electron chi connectivity index (χ3n) is 8.50. The number of benzene rings is 3. The molecule has 300 valence electrons. The summed E-state index contributed by atoms with van der Waals surface area (Å²) in [6.07, 6.45) is 14.0. The van der Waals surface area contributed by atoms with Crippen molar-refractivity contribution in [2.45, 2.75) is 47.1 Å². The van der Waals surface area contributed by atoms with Gasteiger partial charge in [-0.15, -0.1) is 10.2 Å². The van der Waals surface area contributed by atoms with E-state index < -0.39 is 6.08 Å². The van der Waals surface area contributed by atoms with Gasteiger partial charge in [0.25, 0.3) is 0 Å². The molecule has 4 aromatic heterocycles. The van der Waals surface area contributed by atoms with Crippen LogP contribution in [0.25, 0.3) is 27.8 Å². The van der Waals surface area contributed by atoms with Crippen LogP contribution in [0.15, 0.2) is 158 Å². The second-order valence-electron chi connectivity index (χ2n) is 13.0. The normalized spacial score (nSPS) is 11.2. The highest BCUT2D eigenvalue weighted by atomic mass is 19.1. The van der Waals surface area contributed by atoms with Gasteiger partial charge in [0.1, 0.15) is 23.9 Å². The SMILES string of the molecule is C=C(/C=C\C(C)=N)/C(C)=C/C=C\C.CCCc1cccc(OC)c1.Fc1nccc(Oc2ccc3c(OCc4nnc5ccc(-c6ccccc6)nn45)ccnc3c2)n1. The van der Waals surface area contributed by atoms with Gasteiger partial charge in [0.15, 0.2) is 11.5 Å². The number of methoxy groups -OCH3 is 1. The number of pyridine rings is 1. The predicted molar refractivity (Wildman–Crippen MR) is 232 cm³/mol. The molecule has 11 nitrogen and oxygen atoms in total. The van der Waals surface area contributed by atoms with Crippen LogP contribution in [0.4, 0.5) is 4.39 Å². The monoisotopic (exact) mass is 790 g/mol. The van der Waals surface area contributed by atoms with Crippen LogP contribution < -0.4 is 14.2 Å². The van der Waals surface area contributed by atoms with Crippen molar-refractivity contribution >= 4 is 22.3 Å². The number of ether oxygens (including phenoxy) is 3. The first-order valence-corrected chi connectivity index (χ1v) is 19.0. The molecular weight excluding hydrogens is 744 g/mol. The molecule has 0 aliphatic rings. The number of nitrogens with zero attached hydrogens (tertiary/aromatic N) is 7. The summed E-state index contributed by atoms with van der Waals surface area (Å²) < 4.78 is 31.7. The molecule has 0 fully saturated rings. The minimum absolute atomic E-state index is 0.102. The first kappa shape index (κ1) is 42.8. The van der Waals surface area contributed by atoms with Gasteiger partial charge in [0.05, 0.1) is 18.3 Å². The Morgan fingerprint density at radius 2 is 1.69 bits per heavy atom. The Balaban J connectivity index is 0.000000226. The molecule has 0 radical (unpaired) electrons. The van der Waals surface area contributed by atoms with Gasteiger partial charge in [-0.3, -0.25) is 4.98 Å². The summed E-state index contributed by atoms with van der Waals surface area (Å²) in [5.74, 6) is 2.70. The summed E-state index contributed by atoms with van der Waals surface area (Å²) in [5, 5.41) is 21.1. The summed E-state index contributed by atoms with van der Waals surface area (Å²) >= 11 is 0. The topological polar surface area (TPSA) is 133 Å². The largest absolute Gasteiger partial charge is 0.497 e. The molecule has 0 saturated carbocycles. The van der Waals surface area contributed by atoms with Crippen molar-refractivity contribution < 1.29 is 18.6 Å². The lowest BCUT2D eigenvalue weighted by atomic mass is 10.1. The van der Waals surface area contributed by atoms with Crippen LogP contribution in [0.2, 0.25) is 0 Å². The van der Waals surface area contributed by atoms with Gasteiger partial charge in [-0.25, -0.2) is 4.98 Å². The van der Waals surface area contributed by atoms with Crippen molar-refractivity contribution in [2.24, 2.45) is 0 Å². The average Bonchev–Trinajstić information content (AvgIpc) is 3.67. The van der Waals surface area contributed by atoms with Crippen LogP contribution in [0.1, 0.15) is 45.5 Å². The molecule has 7 aromatic rings. The van der Waals surface area contributed by atoms with Gasteiger partial charge in [0.2, 0.25) is 5.88 Å². The van der Waals surface area contributed by atoms with E-state index in [9.17, 15) is 4.39 Å². The number of hydrogen-bond acceptors (Lipinski definition) is 10. The Morgan fingerprint density at radius 1 is 0.881 bits per heavy atom. The average molecular weight is 791 g/mol. The number of aryl methyl sites for hydroxylation is 1. The summed E-state index contributed by atoms with van der Waals surface area (Å²) in [4.78, 5) is 11.4. The quantitative estimate of drug-likeness (QED) is 0.0688. The van der Waals surface area contributed by atoms with Crippen LogP contribution in [-0.2, 0) is 13.0 Å².